The highest BCUT2D eigenvalue weighted by Crippen LogP contribution is 1.84. The second-order valence-corrected chi connectivity index (χ2v) is 6.20. The first kappa shape index (κ1) is 29.2. The fourth-order valence-corrected chi connectivity index (χ4v) is 1.89. The van der Waals surface area contributed by atoms with E-state index in [4.69, 9.17) is 21.1 Å². The van der Waals surface area contributed by atoms with Crippen LogP contribution in [0, 0.1) is 0 Å². The highest BCUT2D eigenvalue weighted by Gasteiger charge is 2.20. The number of nitrogens with two attached hydrogens (primary N) is 1. The van der Waals surface area contributed by atoms with E-state index in [9.17, 15) is 33.6 Å². The van der Waals surface area contributed by atoms with Crippen LogP contribution in [0.1, 0.15) is 0 Å². The monoisotopic (exact) mass is 477 g/mol. The molecular formula is C16H27N7O10. The van der Waals surface area contributed by atoms with Gasteiger partial charge in [-0.25, -0.2) is 4.79 Å². The van der Waals surface area contributed by atoms with Gasteiger partial charge in [0.15, 0.2) is 0 Å². The summed E-state index contributed by atoms with van der Waals surface area (Å²) in [6.07, 6.45) is 0. The minimum atomic E-state index is -1.53. The number of carboxylic acid groups (broad SMARTS) is 1. The second kappa shape index (κ2) is 15.9. The van der Waals surface area contributed by atoms with Crippen molar-refractivity contribution in [3.63, 3.8) is 0 Å². The first-order valence-electron chi connectivity index (χ1n) is 9.35. The molecule has 0 aromatic heterocycles. The largest absolute Gasteiger partial charge is 0.480 e. The summed E-state index contributed by atoms with van der Waals surface area (Å²) >= 11 is 0. The lowest BCUT2D eigenvalue weighted by Crippen LogP contribution is -2.52. The first-order valence-corrected chi connectivity index (χ1v) is 9.35. The Balaban J connectivity index is 4.14. The molecule has 33 heavy (non-hydrogen) atoms. The van der Waals surface area contributed by atoms with Crippen LogP contribution in [0.2, 0.25) is 0 Å². The minimum absolute atomic E-state index is 0.403. The molecule has 0 fully saturated rings. The highest BCUT2D eigenvalue weighted by atomic mass is 16.4. The average Bonchev–Trinajstić information content (AvgIpc) is 2.79. The van der Waals surface area contributed by atoms with Crippen LogP contribution in [0.4, 0.5) is 0 Å². The number of carbonyl (C=O) groups excluding carboxylic acids is 6. The molecule has 0 heterocycles. The number of amides is 6. The van der Waals surface area contributed by atoms with E-state index in [-0.39, 0.29) is 0 Å². The summed E-state index contributed by atoms with van der Waals surface area (Å²) in [6.45, 7) is -4.25. The molecule has 0 aromatic rings. The van der Waals surface area contributed by atoms with Crippen LogP contribution in [0.3, 0.4) is 0 Å². The molecule has 0 bridgehead atoms. The van der Waals surface area contributed by atoms with Gasteiger partial charge in [-0.2, -0.15) is 0 Å². The number of hydrogen-bond donors (Lipinski definition) is 10. The predicted octanol–water partition coefficient (Wildman–Crippen LogP) is -7.55. The molecule has 0 saturated heterocycles. The molecule has 2 atom stereocenters. The van der Waals surface area contributed by atoms with Gasteiger partial charge in [-0.05, 0) is 0 Å². The van der Waals surface area contributed by atoms with Gasteiger partial charge in [0.25, 0.3) is 0 Å². The molecule has 0 unspecified atom stereocenters. The third kappa shape index (κ3) is 13.2. The van der Waals surface area contributed by atoms with Crippen molar-refractivity contribution in [1.82, 2.24) is 31.9 Å². The van der Waals surface area contributed by atoms with Gasteiger partial charge in [0.2, 0.25) is 35.4 Å². The third-order valence-corrected chi connectivity index (χ3v) is 3.60. The lowest BCUT2D eigenvalue weighted by molar-refractivity contribution is -0.142. The van der Waals surface area contributed by atoms with Crippen LogP contribution < -0.4 is 37.6 Å². The number of nitrogens with one attached hydrogen (secondary N) is 6. The first-order chi connectivity index (χ1) is 15.5. The molecule has 0 aromatic carbocycles. The molecule has 0 aliphatic rings. The zero-order valence-corrected chi connectivity index (χ0v) is 17.4. The zero-order chi connectivity index (χ0) is 25.4. The van der Waals surface area contributed by atoms with Crippen molar-refractivity contribution in [2.24, 2.45) is 5.73 Å². The van der Waals surface area contributed by atoms with Crippen LogP contribution in [0.15, 0.2) is 0 Å². The molecule has 0 rings (SSSR count). The van der Waals surface area contributed by atoms with E-state index < -0.39 is 99.4 Å². The van der Waals surface area contributed by atoms with Gasteiger partial charge in [-0.1, -0.05) is 0 Å². The Morgan fingerprint density at radius 1 is 0.606 bits per heavy atom. The zero-order valence-electron chi connectivity index (χ0n) is 17.4. The minimum Gasteiger partial charge on any atom is -0.480 e. The topological polar surface area (TPSA) is 278 Å². The highest BCUT2D eigenvalue weighted by molar-refractivity contribution is 5.93. The molecule has 186 valence electrons. The molecule has 0 spiro atoms. The summed E-state index contributed by atoms with van der Waals surface area (Å²) in [7, 11) is 0. The van der Waals surface area contributed by atoms with Gasteiger partial charge >= 0.3 is 5.97 Å². The SMILES string of the molecule is NCC(=O)N[C@@H](CO)C(=O)NCC(=O)NCC(=O)NCC(=O)NCC(=O)N[C@@H](CO)C(=O)O. The number of rotatable bonds is 15. The summed E-state index contributed by atoms with van der Waals surface area (Å²) in [4.78, 5) is 79.9. The number of aliphatic hydroxyl groups excluding tert-OH is 2. The molecule has 11 N–H and O–H groups in total. The number of carbonyl (C=O) groups is 7. The van der Waals surface area contributed by atoms with Crippen molar-refractivity contribution in [2.75, 3.05) is 45.9 Å². The summed E-state index contributed by atoms with van der Waals surface area (Å²) < 4.78 is 0. The van der Waals surface area contributed by atoms with Crippen LogP contribution in [-0.2, 0) is 33.6 Å². The second-order valence-electron chi connectivity index (χ2n) is 6.20. The maximum absolute atomic E-state index is 11.8. The summed E-state index contributed by atoms with van der Waals surface area (Å²) in [6, 6.07) is -2.84. The summed E-state index contributed by atoms with van der Waals surface area (Å²) in [5.74, 6) is -6.23. The van der Waals surface area contributed by atoms with Crippen LogP contribution in [0.5, 0.6) is 0 Å². The predicted molar refractivity (Wildman–Crippen MR) is 107 cm³/mol. The molecule has 6 amide bonds. The van der Waals surface area contributed by atoms with Gasteiger partial charge in [-0.15, -0.1) is 0 Å². The van der Waals surface area contributed by atoms with Crippen LogP contribution in [0.25, 0.3) is 0 Å². The van der Waals surface area contributed by atoms with Gasteiger partial charge < -0.3 is 53.0 Å². The third-order valence-electron chi connectivity index (χ3n) is 3.60. The van der Waals surface area contributed by atoms with Gasteiger partial charge in [0.1, 0.15) is 12.1 Å². The van der Waals surface area contributed by atoms with Crippen molar-refractivity contribution >= 4 is 41.4 Å². The van der Waals surface area contributed by atoms with E-state index in [0.29, 0.717) is 0 Å². The molecule has 17 nitrogen and oxygen atoms in total. The Kier molecular flexibility index (Phi) is 14.1. The van der Waals surface area contributed by atoms with Gasteiger partial charge in [0.05, 0.1) is 45.9 Å². The normalized spacial score (nSPS) is 11.8. The Morgan fingerprint density at radius 2 is 1.00 bits per heavy atom. The number of aliphatic carboxylic acids is 1. The number of carboxylic acids is 1. The Bertz CT molecular complexity index is 745. The van der Waals surface area contributed by atoms with Gasteiger partial charge in [-0.3, -0.25) is 28.8 Å². The number of hydrogen-bond acceptors (Lipinski definition) is 10. The average molecular weight is 477 g/mol. The maximum atomic E-state index is 11.8. The standard InChI is InChI=1S/C16H27N7O10/c17-1-10(26)22-8(6-24)15(31)21-4-13(29)19-2-11(27)18-3-12(28)20-5-14(30)23-9(7-25)16(32)33/h8-9,24-25H,1-7,17H2,(H,18,27)(H,19,29)(H,20,28)(H,21,31)(H,22,26)(H,23,30)(H,32,33)/t8-,9-/m0/s1. The maximum Gasteiger partial charge on any atom is 0.328 e. The van der Waals surface area contributed by atoms with Crippen LogP contribution >= 0.6 is 0 Å². The lowest BCUT2D eigenvalue weighted by Gasteiger charge is -2.15. The van der Waals surface area contributed by atoms with E-state index in [1.165, 1.54) is 0 Å². The smallest absolute Gasteiger partial charge is 0.328 e. The van der Waals surface area contributed by atoms with E-state index in [0.717, 1.165) is 0 Å². The molecule has 0 aliphatic carbocycles. The molecular weight excluding hydrogens is 450 g/mol. The van der Waals surface area contributed by atoms with Crippen molar-refractivity contribution in [1.29, 1.82) is 0 Å². The molecule has 0 radical (unpaired) electrons. The van der Waals surface area contributed by atoms with Crippen LogP contribution in [-0.4, -0.2) is 115 Å². The quantitative estimate of drug-likeness (QED) is 0.106. The fourth-order valence-electron chi connectivity index (χ4n) is 1.89. The summed E-state index contributed by atoms with van der Waals surface area (Å²) in [5.41, 5.74) is 5.07. The van der Waals surface area contributed by atoms with Crippen molar-refractivity contribution in [2.45, 2.75) is 12.1 Å². The Labute approximate surface area is 186 Å². The molecule has 0 aliphatic heterocycles. The lowest BCUT2D eigenvalue weighted by atomic mass is 10.3. The molecule has 0 saturated carbocycles. The van der Waals surface area contributed by atoms with E-state index in [2.05, 4.69) is 26.6 Å². The molecule has 17 heteroatoms. The van der Waals surface area contributed by atoms with Crippen molar-refractivity contribution < 1.29 is 48.9 Å². The van der Waals surface area contributed by atoms with E-state index >= 15 is 0 Å². The Morgan fingerprint density at radius 3 is 1.39 bits per heavy atom. The van der Waals surface area contributed by atoms with Crippen molar-refractivity contribution in [3.8, 4) is 0 Å². The van der Waals surface area contributed by atoms with Gasteiger partial charge in [0, 0.05) is 0 Å². The van der Waals surface area contributed by atoms with E-state index in [1.807, 2.05) is 5.32 Å². The Hall–Kier alpha value is -3.83. The van der Waals surface area contributed by atoms with E-state index in [1.54, 1.807) is 0 Å². The fraction of sp³-hybridized carbons (Fsp3) is 0.562. The van der Waals surface area contributed by atoms with Crippen molar-refractivity contribution in [3.05, 3.63) is 0 Å². The summed E-state index contributed by atoms with van der Waals surface area (Å²) in [5, 5.41) is 39.1. The number of aliphatic hydroxyl groups is 2.